The zero-order valence-corrected chi connectivity index (χ0v) is 17.0. The minimum absolute atomic E-state index is 0.0413. The van der Waals surface area contributed by atoms with Crippen LogP contribution in [0.15, 0.2) is 23.1 Å². The number of likely N-dealkylation sites (N-methyl/N-ethyl adjacent to an activating group) is 1. The molecule has 9 heteroatoms. The van der Waals surface area contributed by atoms with E-state index in [1.54, 1.807) is 0 Å². The van der Waals surface area contributed by atoms with Gasteiger partial charge in [-0.15, -0.1) is 0 Å². The van der Waals surface area contributed by atoms with E-state index in [-0.39, 0.29) is 21.6 Å². The first-order chi connectivity index (χ1) is 12.9. The van der Waals surface area contributed by atoms with Crippen LogP contribution in [0, 0.1) is 0 Å². The lowest BCUT2D eigenvalue weighted by Gasteiger charge is -2.31. The fraction of sp³-hybridized carbons (Fsp3) is 0.611. The number of halogens is 1. The maximum absolute atomic E-state index is 12.8. The Balaban J connectivity index is 1.77. The zero-order valence-electron chi connectivity index (χ0n) is 15.4. The Morgan fingerprint density at radius 3 is 2.74 bits per heavy atom. The number of rotatable bonds is 5. The van der Waals surface area contributed by atoms with Gasteiger partial charge in [0.1, 0.15) is 6.10 Å². The highest BCUT2D eigenvalue weighted by Gasteiger charge is 2.29. The second-order valence-electron chi connectivity index (χ2n) is 6.72. The van der Waals surface area contributed by atoms with Gasteiger partial charge in [0.2, 0.25) is 10.0 Å². The first-order valence-electron chi connectivity index (χ1n) is 9.22. The fourth-order valence-corrected chi connectivity index (χ4v) is 5.00. The van der Waals surface area contributed by atoms with E-state index in [4.69, 9.17) is 21.1 Å². The van der Waals surface area contributed by atoms with Crippen molar-refractivity contribution in [3.05, 3.63) is 28.8 Å². The molecule has 2 heterocycles. The van der Waals surface area contributed by atoms with Crippen LogP contribution in [0.4, 0.5) is 0 Å². The van der Waals surface area contributed by atoms with E-state index in [1.807, 2.05) is 0 Å². The summed E-state index contributed by atoms with van der Waals surface area (Å²) in [4.78, 5) is 14.9. The summed E-state index contributed by atoms with van der Waals surface area (Å²) in [6, 6.07) is 4.17. The number of sulfonamides is 1. The molecule has 1 aromatic carbocycles. The minimum atomic E-state index is -3.70. The van der Waals surface area contributed by atoms with Crippen LogP contribution in [0.5, 0.6) is 0 Å². The Labute approximate surface area is 165 Å². The number of hydrogen-bond acceptors (Lipinski definition) is 6. The topological polar surface area (TPSA) is 76.2 Å². The van der Waals surface area contributed by atoms with Gasteiger partial charge < -0.3 is 9.47 Å². The van der Waals surface area contributed by atoms with E-state index in [1.165, 1.54) is 22.5 Å². The molecule has 0 aliphatic carbocycles. The summed E-state index contributed by atoms with van der Waals surface area (Å²) in [7, 11) is -3.70. The quantitative estimate of drug-likeness (QED) is 0.683. The van der Waals surface area contributed by atoms with Gasteiger partial charge in [-0.05, 0) is 44.1 Å². The van der Waals surface area contributed by atoms with Crippen molar-refractivity contribution in [2.45, 2.75) is 30.8 Å². The maximum atomic E-state index is 12.8. The van der Waals surface area contributed by atoms with Gasteiger partial charge >= 0.3 is 5.97 Å². The summed E-state index contributed by atoms with van der Waals surface area (Å²) in [5.41, 5.74) is 0.0830. The third-order valence-electron chi connectivity index (χ3n) is 4.95. The number of nitrogens with zero attached hydrogens (tertiary/aromatic N) is 2. The first kappa shape index (κ1) is 20.5. The Hall–Kier alpha value is -1.19. The monoisotopic (exact) mass is 416 g/mol. The molecule has 0 radical (unpaired) electrons. The highest BCUT2D eigenvalue weighted by atomic mass is 35.5. The smallest absolute Gasteiger partial charge is 0.340 e. The molecule has 0 aromatic heterocycles. The van der Waals surface area contributed by atoms with Crippen LogP contribution in [0.25, 0.3) is 0 Å². The van der Waals surface area contributed by atoms with Crippen LogP contribution >= 0.6 is 11.6 Å². The zero-order chi connectivity index (χ0) is 19.4. The van der Waals surface area contributed by atoms with Crippen molar-refractivity contribution >= 4 is 27.6 Å². The molecule has 2 aliphatic rings. The molecule has 150 valence electrons. The first-order valence-corrected chi connectivity index (χ1v) is 11.0. The Bertz CT molecular complexity index is 780. The van der Waals surface area contributed by atoms with Crippen LogP contribution in [-0.2, 0) is 19.5 Å². The molecule has 1 aromatic rings. The molecule has 0 N–H and O–H groups in total. The third kappa shape index (κ3) is 4.81. The van der Waals surface area contributed by atoms with Crippen molar-refractivity contribution in [1.29, 1.82) is 0 Å². The maximum Gasteiger partial charge on any atom is 0.340 e. The predicted octanol–water partition coefficient (Wildman–Crippen LogP) is 2.00. The number of benzene rings is 1. The van der Waals surface area contributed by atoms with Crippen molar-refractivity contribution in [1.82, 2.24) is 9.21 Å². The van der Waals surface area contributed by atoms with E-state index in [0.29, 0.717) is 32.8 Å². The summed E-state index contributed by atoms with van der Waals surface area (Å²) in [5, 5.41) is 0.184. The van der Waals surface area contributed by atoms with Crippen LogP contribution in [0.2, 0.25) is 5.02 Å². The number of morpholine rings is 1. The van der Waals surface area contributed by atoms with Gasteiger partial charge in [0.05, 0.1) is 28.7 Å². The summed E-state index contributed by atoms with van der Waals surface area (Å²) in [6.07, 6.45) is 1.55. The van der Waals surface area contributed by atoms with Gasteiger partial charge in [0.25, 0.3) is 0 Å². The second kappa shape index (κ2) is 8.87. The molecule has 0 bridgehead atoms. The molecule has 1 atom stereocenters. The van der Waals surface area contributed by atoms with Crippen molar-refractivity contribution in [3.63, 3.8) is 0 Å². The lowest BCUT2D eigenvalue weighted by Crippen LogP contribution is -2.41. The summed E-state index contributed by atoms with van der Waals surface area (Å²) < 4.78 is 37.8. The molecule has 0 spiro atoms. The molecule has 1 unspecified atom stereocenters. The molecule has 0 amide bonds. The highest BCUT2D eigenvalue weighted by molar-refractivity contribution is 7.89. The largest absolute Gasteiger partial charge is 0.457 e. The summed E-state index contributed by atoms with van der Waals surface area (Å²) in [5.74, 6) is -0.581. The lowest BCUT2D eigenvalue weighted by molar-refractivity contribution is 0.00773. The van der Waals surface area contributed by atoms with E-state index >= 15 is 0 Å². The van der Waals surface area contributed by atoms with Crippen molar-refractivity contribution in [2.24, 2.45) is 0 Å². The molecular weight excluding hydrogens is 392 g/mol. The number of esters is 1. The third-order valence-corrected chi connectivity index (χ3v) is 7.17. The van der Waals surface area contributed by atoms with E-state index in [2.05, 4.69) is 11.8 Å². The van der Waals surface area contributed by atoms with Crippen LogP contribution in [0.3, 0.4) is 0 Å². The van der Waals surface area contributed by atoms with Crippen molar-refractivity contribution in [2.75, 3.05) is 45.9 Å². The minimum Gasteiger partial charge on any atom is -0.457 e. The van der Waals surface area contributed by atoms with Crippen LogP contribution < -0.4 is 0 Å². The van der Waals surface area contributed by atoms with Gasteiger partial charge in [-0.25, -0.2) is 13.2 Å². The average molecular weight is 417 g/mol. The van der Waals surface area contributed by atoms with E-state index in [0.717, 1.165) is 25.9 Å². The Morgan fingerprint density at radius 1 is 1.30 bits per heavy atom. The predicted molar refractivity (Wildman–Crippen MR) is 102 cm³/mol. The van der Waals surface area contributed by atoms with E-state index < -0.39 is 16.0 Å². The number of piperidine rings is 1. The molecule has 2 aliphatic heterocycles. The highest BCUT2D eigenvalue weighted by Crippen LogP contribution is 2.25. The van der Waals surface area contributed by atoms with Crippen LogP contribution in [0.1, 0.15) is 30.1 Å². The number of carbonyl (C=O) groups excluding carboxylic acids is 1. The number of likely N-dealkylation sites (tertiary alicyclic amines) is 1. The summed E-state index contributed by atoms with van der Waals surface area (Å²) >= 11 is 6.16. The van der Waals surface area contributed by atoms with Gasteiger partial charge in [-0.2, -0.15) is 4.31 Å². The fourth-order valence-electron chi connectivity index (χ4n) is 3.37. The van der Waals surface area contributed by atoms with Crippen molar-refractivity contribution < 1.29 is 22.7 Å². The number of hydrogen-bond donors (Lipinski definition) is 0. The Kier molecular flexibility index (Phi) is 6.75. The molecule has 2 saturated heterocycles. The number of carbonyl (C=O) groups is 1. The molecule has 27 heavy (non-hydrogen) atoms. The van der Waals surface area contributed by atoms with Crippen molar-refractivity contribution in [3.8, 4) is 0 Å². The normalized spacial score (nSPS) is 22.5. The van der Waals surface area contributed by atoms with E-state index in [9.17, 15) is 13.2 Å². The Morgan fingerprint density at radius 2 is 2.04 bits per heavy atom. The molecule has 0 saturated carbocycles. The van der Waals surface area contributed by atoms with Gasteiger partial charge in [0.15, 0.2) is 0 Å². The average Bonchev–Trinajstić information content (AvgIpc) is 2.69. The summed E-state index contributed by atoms with van der Waals surface area (Å²) in [6.45, 7) is 5.96. The number of ether oxygens (including phenoxy) is 2. The lowest BCUT2D eigenvalue weighted by atomic mass is 10.1. The molecular formula is C18H25ClN2O5S. The molecule has 2 fully saturated rings. The molecule has 7 nitrogen and oxygen atoms in total. The SMILES string of the molecule is CCN1CCCC(OC(=O)c2cc(S(=O)(=O)N3CCOCC3)ccc2Cl)C1. The van der Waals surface area contributed by atoms with Gasteiger partial charge in [-0.3, -0.25) is 4.90 Å². The van der Waals surface area contributed by atoms with Crippen LogP contribution in [-0.4, -0.2) is 75.6 Å². The van der Waals surface area contributed by atoms with Gasteiger partial charge in [0, 0.05) is 19.6 Å². The standard InChI is InChI=1S/C18H25ClN2O5S/c1-2-20-7-3-4-14(13-20)26-18(22)16-12-15(5-6-17(16)19)27(23,24)21-8-10-25-11-9-21/h5-6,12,14H,2-4,7-11,13H2,1H3. The van der Waals surface area contributed by atoms with Gasteiger partial charge in [-0.1, -0.05) is 18.5 Å². The second-order valence-corrected chi connectivity index (χ2v) is 9.07. The molecule has 3 rings (SSSR count).